The molecule has 26 heavy (non-hydrogen) atoms. The molecule has 2 heterocycles. The number of rotatable bonds is 7. The van der Waals surface area contributed by atoms with Crippen molar-refractivity contribution in [2.24, 2.45) is 5.92 Å². The molecule has 0 aliphatic carbocycles. The van der Waals surface area contributed by atoms with Crippen LogP contribution >= 0.6 is 0 Å². The third kappa shape index (κ3) is 4.52. The van der Waals surface area contributed by atoms with Crippen molar-refractivity contribution in [3.05, 3.63) is 53.9 Å². The Morgan fingerprint density at radius 1 is 1.19 bits per heavy atom. The van der Waals surface area contributed by atoms with E-state index in [-0.39, 0.29) is 24.3 Å². The predicted molar refractivity (Wildman–Crippen MR) is 97.4 cm³/mol. The quantitative estimate of drug-likeness (QED) is 0.822. The molecule has 1 aliphatic rings. The molecule has 6 heteroatoms. The summed E-state index contributed by atoms with van der Waals surface area (Å²) in [4.78, 5) is 16.6. The largest absolute Gasteiger partial charge is 0.497 e. The van der Waals surface area contributed by atoms with Gasteiger partial charge in [0.15, 0.2) is 0 Å². The molecular formula is C20H24N2O4. The van der Waals surface area contributed by atoms with Crippen LogP contribution in [0.2, 0.25) is 0 Å². The smallest absolute Gasteiger partial charge is 0.224 e. The average molecular weight is 356 g/mol. The summed E-state index contributed by atoms with van der Waals surface area (Å²) in [6, 6.07) is 9.49. The molecule has 2 aromatic rings. The van der Waals surface area contributed by atoms with Crippen molar-refractivity contribution in [3.63, 3.8) is 0 Å². The van der Waals surface area contributed by atoms with E-state index in [1.54, 1.807) is 32.7 Å². The van der Waals surface area contributed by atoms with Crippen molar-refractivity contribution in [3.8, 4) is 11.5 Å². The Labute approximate surface area is 153 Å². The summed E-state index contributed by atoms with van der Waals surface area (Å²) in [5, 5.41) is 3.11. The summed E-state index contributed by atoms with van der Waals surface area (Å²) in [6.45, 7) is 1.19. The first-order valence-electron chi connectivity index (χ1n) is 8.66. The molecule has 1 fully saturated rings. The lowest BCUT2D eigenvalue weighted by Gasteiger charge is -2.19. The number of hydrogen-bond acceptors (Lipinski definition) is 5. The summed E-state index contributed by atoms with van der Waals surface area (Å²) in [7, 11) is 3.19. The van der Waals surface area contributed by atoms with Crippen LogP contribution in [-0.4, -0.2) is 44.4 Å². The number of hydrogen-bond donors (Lipinski definition) is 1. The zero-order chi connectivity index (χ0) is 18.4. The maximum atomic E-state index is 12.5. The van der Waals surface area contributed by atoms with Crippen LogP contribution in [0, 0.1) is 5.92 Å². The first-order valence-corrected chi connectivity index (χ1v) is 8.66. The lowest BCUT2D eigenvalue weighted by Crippen LogP contribution is -2.41. The minimum absolute atomic E-state index is 0.0138. The Morgan fingerprint density at radius 2 is 2.00 bits per heavy atom. The number of methoxy groups -OCH3 is 2. The number of aromatic nitrogens is 1. The van der Waals surface area contributed by atoms with Gasteiger partial charge in [0, 0.05) is 29.9 Å². The Kier molecular flexibility index (Phi) is 6.07. The van der Waals surface area contributed by atoms with Gasteiger partial charge in [0.25, 0.3) is 0 Å². The van der Waals surface area contributed by atoms with E-state index in [0.29, 0.717) is 24.7 Å². The van der Waals surface area contributed by atoms with Crippen molar-refractivity contribution < 1.29 is 19.0 Å². The lowest BCUT2D eigenvalue weighted by molar-refractivity contribution is -0.121. The third-order valence-corrected chi connectivity index (χ3v) is 4.64. The van der Waals surface area contributed by atoms with Crippen LogP contribution < -0.4 is 14.8 Å². The summed E-state index contributed by atoms with van der Waals surface area (Å²) in [5.41, 5.74) is 2.03. The van der Waals surface area contributed by atoms with Gasteiger partial charge in [0.05, 0.1) is 39.9 Å². The maximum Gasteiger partial charge on any atom is 0.224 e. The number of nitrogens with zero attached hydrogens (tertiary/aromatic N) is 1. The van der Waals surface area contributed by atoms with Crippen LogP contribution in [0.1, 0.15) is 11.1 Å². The summed E-state index contributed by atoms with van der Waals surface area (Å²) in [6.07, 6.45) is 4.69. The summed E-state index contributed by atoms with van der Waals surface area (Å²) < 4.78 is 16.2. The van der Waals surface area contributed by atoms with Gasteiger partial charge in [-0.3, -0.25) is 9.78 Å². The highest BCUT2D eigenvalue weighted by Crippen LogP contribution is 2.25. The van der Waals surface area contributed by atoms with Crippen LogP contribution in [0.4, 0.5) is 0 Å². The number of carbonyl (C=O) groups excluding carboxylic acids is 1. The number of carbonyl (C=O) groups is 1. The van der Waals surface area contributed by atoms with E-state index in [0.717, 1.165) is 12.0 Å². The fourth-order valence-electron chi connectivity index (χ4n) is 3.21. The molecule has 1 amide bonds. The molecule has 0 saturated carbocycles. The van der Waals surface area contributed by atoms with Gasteiger partial charge in [-0.1, -0.05) is 6.07 Å². The SMILES string of the molecule is COc1ccc(CC(=O)N[C@@H]2COC[C@H]2Cc2ccncc2)c(OC)c1. The summed E-state index contributed by atoms with van der Waals surface area (Å²) >= 11 is 0. The first-order chi connectivity index (χ1) is 12.7. The van der Waals surface area contributed by atoms with E-state index in [1.807, 2.05) is 24.3 Å². The number of amides is 1. The highest BCUT2D eigenvalue weighted by molar-refractivity contribution is 5.79. The minimum Gasteiger partial charge on any atom is -0.497 e. The van der Waals surface area contributed by atoms with Crippen molar-refractivity contribution >= 4 is 5.91 Å². The van der Waals surface area contributed by atoms with Crippen LogP contribution in [0.3, 0.4) is 0 Å². The number of ether oxygens (including phenoxy) is 3. The molecule has 2 atom stereocenters. The first kappa shape index (κ1) is 18.2. The molecular weight excluding hydrogens is 332 g/mol. The van der Waals surface area contributed by atoms with Crippen molar-refractivity contribution in [2.75, 3.05) is 27.4 Å². The van der Waals surface area contributed by atoms with E-state index in [1.165, 1.54) is 5.56 Å². The van der Waals surface area contributed by atoms with Gasteiger partial charge in [-0.05, 0) is 30.2 Å². The minimum atomic E-state index is -0.0382. The van der Waals surface area contributed by atoms with Crippen molar-refractivity contribution in [2.45, 2.75) is 18.9 Å². The Bertz CT molecular complexity index is 736. The van der Waals surface area contributed by atoms with E-state index >= 15 is 0 Å². The monoisotopic (exact) mass is 356 g/mol. The second-order valence-electron chi connectivity index (χ2n) is 6.39. The highest BCUT2D eigenvalue weighted by atomic mass is 16.5. The van der Waals surface area contributed by atoms with Gasteiger partial charge in [-0.25, -0.2) is 0 Å². The molecule has 0 bridgehead atoms. The highest BCUT2D eigenvalue weighted by Gasteiger charge is 2.29. The number of pyridine rings is 1. The zero-order valence-electron chi connectivity index (χ0n) is 15.1. The van der Waals surface area contributed by atoms with E-state index in [4.69, 9.17) is 14.2 Å². The molecule has 1 saturated heterocycles. The topological polar surface area (TPSA) is 69.7 Å². The van der Waals surface area contributed by atoms with Gasteiger partial charge in [0.2, 0.25) is 5.91 Å². The molecule has 1 aromatic carbocycles. The van der Waals surface area contributed by atoms with Crippen molar-refractivity contribution in [1.29, 1.82) is 0 Å². The fourth-order valence-corrected chi connectivity index (χ4v) is 3.21. The van der Waals surface area contributed by atoms with Crippen LogP contribution in [0.25, 0.3) is 0 Å². The van der Waals surface area contributed by atoms with Gasteiger partial charge in [0.1, 0.15) is 11.5 Å². The maximum absolute atomic E-state index is 12.5. The van der Waals surface area contributed by atoms with E-state index in [2.05, 4.69) is 10.3 Å². The van der Waals surface area contributed by atoms with Gasteiger partial charge in [-0.15, -0.1) is 0 Å². The van der Waals surface area contributed by atoms with Crippen molar-refractivity contribution in [1.82, 2.24) is 10.3 Å². The van der Waals surface area contributed by atoms with Gasteiger partial charge in [-0.2, -0.15) is 0 Å². The van der Waals surface area contributed by atoms with Crippen LogP contribution in [-0.2, 0) is 22.4 Å². The normalized spacial score (nSPS) is 19.2. The molecule has 1 aromatic heterocycles. The standard InChI is InChI=1S/C20H24N2O4/c1-24-17-4-3-15(19(11-17)25-2)10-20(23)22-18-13-26-12-16(18)9-14-5-7-21-8-6-14/h3-8,11,16,18H,9-10,12-13H2,1-2H3,(H,22,23)/t16-,18-/m1/s1. The Balaban J connectivity index is 1.60. The fraction of sp³-hybridized carbons (Fsp3) is 0.400. The molecule has 0 radical (unpaired) electrons. The average Bonchev–Trinajstić information content (AvgIpc) is 3.09. The second kappa shape index (κ2) is 8.67. The van der Waals surface area contributed by atoms with Gasteiger partial charge >= 0.3 is 0 Å². The Morgan fingerprint density at radius 3 is 2.73 bits per heavy atom. The molecule has 0 unspecified atom stereocenters. The predicted octanol–water partition coefficient (Wildman–Crippen LogP) is 2.02. The van der Waals surface area contributed by atoms with Crippen LogP contribution in [0.5, 0.6) is 11.5 Å². The number of benzene rings is 1. The lowest BCUT2D eigenvalue weighted by atomic mass is 9.95. The third-order valence-electron chi connectivity index (χ3n) is 4.64. The Hall–Kier alpha value is -2.60. The molecule has 6 nitrogen and oxygen atoms in total. The number of nitrogens with one attached hydrogen (secondary N) is 1. The zero-order valence-corrected chi connectivity index (χ0v) is 15.1. The second-order valence-corrected chi connectivity index (χ2v) is 6.39. The summed E-state index contributed by atoms with van der Waals surface area (Å²) in [5.74, 6) is 1.57. The van der Waals surface area contributed by atoms with E-state index < -0.39 is 0 Å². The van der Waals surface area contributed by atoms with Gasteiger partial charge < -0.3 is 19.5 Å². The molecule has 1 N–H and O–H groups in total. The molecule has 1 aliphatic heterocycles. The van der Waals surface area contributed by atoms with E-state index in [9.17, 15) is 4.79 Å². The molecule has 138 valence electrons. The molecule has 3 rings (SSSR count). The van der Waals surface area contributed by atoms with Crippen LogP contribution in [0.15, 0.2) is 42.7 Å². The molecule has 0 spiro atoms.